The minimum atomic E-state index is -0.0131. The van der Waals surface area contributed by atoms with Crippen molar-refractivity contribution in [2.45, 2.75) is 97.1 Å². The number of nitrogens with one attached hydrogen (secondary N) is 1. The van der Waals surface area contributed by atoms with Gasteiger partial charge in [0.2, 0.25) is 17.7 Å². The Morgan fingerprint density at radius 1 is 1.08 bits per heavy atom. The lowest BCUT2D eigenvalue weighted by atomic mass is 9.77. The van der Waals surface area contributed by atoms with Crippen molar-refractivity contribution in [2.75, 3.05) is 26.7 Å². The maximum absolute atomic E-state index is 13.8. The summed E-state index contributed by atoms with van der Waals surface area (Å²) in [6.45, 7) is 8.44. The molecule has 3 saturated heterocycles. The molecule has 0 aromatic carbocycles. The normalized spacial score (nSPS) is 30.0. The molecule has 3 fully saturated rings. The second-order valence-electron chi connectivity index (χ2n) is 12.9. The summed E-state index contributed by atoms with van der Waals surface area (Å²) in [5.74, 6) is 1.89. The average Bonchev–Trinajstić information content (AvgIpc) is 3.37. The number of aromatic nitrogens is 1. The highest BCUT2D eigenvalue weighted by Gasteiger charge is 2.44. The standard InChI is InChI=1S/C31H46N4O4/c1-19(2)25-12-11-20(3)13-29(37)35-17-21-14-23(27(35)9-6-10-28(36)32-25)18-34(16-21)31(38)24-15-22-7-5-8-26(22)33-30(24)39-4/h15,19-21,23,25,27H,5-14,16-18H2,1-4H3,(H,32,36)/t20-,21+,23-,25+,27+/m1/s1. The number of piperidine rings is 2. The van der Waals surface area contributed by atoms with Crippen LogP contribution in [0.3, 0.4) is 0 Å². The van der Waals surface area contributed by atoms with E-state index in [0.717, 1.165) is 62.6 Å². The molecule has 1 aromatic heterocycles. The topological polar surface area (TPSA) is 91.8 Å². The van der Waals surface area contributed by atoms with Crippen LogP contribution in [-0.2, 0) is 22.4 Å². The zero-order valence-corrected chi connectivity index (χ0v) is 24.2. The molecule has 0 radical (unpaired) electrons. The predicted molar refractivity (Wildman–Crippen MR) is 149 cm³/mol. The lowest BCUT2D eigenvalue weighted by Crippen LogP contribution is -2.60. The third kappa shape index (κ3) is 6.09. The number of fused-ring (bicyclic) bond motifs is 5. The highest BCUT2D eigenvalue weighted by atomic mass is 16.5. The van der Waals surface area contributed by atoms with Gasteiger partial charge in [-0.05, 0) is 86.7 Å². The van der Waals surface area contributed by atoms with Crippen LogP contribution in [0.2, 0.25) is 0 Å². The fourth-order valence-corrected chi connectivity index (χ4v) is 7.41. The molecule has 214 valence electrons. The molecule has 3 aliphatic heterocycles. The molecule has 1 aromatic rings. The lowest BCUT2D eigenvalue weighted by Gasteiger charge is -2.51. The first kappa shape index (κ1) is 27.9. The van der Waals surface area contributed by atoms with Gasteiger partial charge in [0, 0.05) is 50.3 Å². The molecule has 1 N–H and O–H groups in total. The number of amides is 3. The summed E-state index contributed by atoms with van der Waals surface area (Å²) in [4.78, 5) is 49.0. The van der Waals surface area contributed by atoms with Crippen LogP contribution in [0.4, 0.5) is 0 Å². The smallest absolute Gasteiger partial charge is 0.259 e. The molecule has 0 spiro atoms. The Labute approximate surface area is 233 Å². The molecule has 2 bridgehead atoms. The highest BCUT2D eigenvalue weighted by Crippen LogP contribution is 2.38. The van der Waals surface area contributed by atoms with E-state index in [-0.39, 0.29) is 47.6 Å². The zero-order chi connectivity index (χ0) is 27.7. The number of aryl methyl sites for hydroxylation is 2. The van der Waals surface area contributed by atoms with Crippen LogP contribution in [0.25, 0.3) is 0 Å². The first-order chi connectivity index (χ1) is 18.7. The van der Waals surface area contributed by atoms with Gasteiger partial charge in [-0.2, -0.15) is 0 Å². The minimum Gasteiger partial charge on any atom is -0.480 e. The largest absolute Gasteiger partial charge is 0.480 e. The Morgan fingerprint density at radius 2 is 1.90 bits per heavy atom. The summed E-state index contributed by atoms with van der Waals surface area (Å²) in [6.07, 6.45) is 8.40. The SMILES string of the molecule is COc1nc2c(cc1C(=O)N1C[C@@H]3C[C@H](C1)[C@@H]1CCCC(=O)N[C@H](C(C)C)CC[C@@H](C)CC(=O)N1C3)CCC2. The first-order valence-electron chi connectivity index (χ1n) is 15.2. The molecule has 0 saturated carbocycles. The Morgan fingerprint density at radius 3 is 2.67 bits per heavy atom. The third-order valence-corrected chi connectivity index (χ3v) is 9.56. The Balaban J connectivity index is 1.34. The van der Waals surface area contributed by atoms with Crippen molar-refractivity contribution in [2.24, 2.45) is 23.7 Å². The van der Waals surface area contributed by atoms with Crippen molar-refractivity contribution in [1.82, 2.24) is 20.1 Å². The van der Waals surface area contributed by atoms with Gasteiger partial charge in [0.15, 0.2) is 0 Å². The number of rotatable bonds is 3. The van der Waals surface area contributed by atoms with Gasteiger partial charge >= 0.3 is 0 Å². The van der Waals surface area contributed by atoms with Crippen LogP contribution < -0.4 is 10.1 Å². The monoisotopic (exact) mass is 538 g/mol. The number of likely N-dealkylation sites (tertiary alicyclic amines) is 1. The van der Waals surface area contributed by atoms with E-state index in [9.17, 15) is 14.4 Å². The van der Waals surface area contributed by atoms with Gasteiger partial charge in [-0.25, -0.2) is 4.98 Å². The molecular weight excluding hydrogens is 492 g/mol. The highest BCUT2D eigenvalue weighted by molar-refractivity contribution is 5.97. The molecule has 39 heavy (non-hydrogen) atoms. The summed E-state index contributed by atoms with van der Waals surface area (Å²) >= 11 is 0. The second kappa shape index (κ2) is 11.8. The van der Waals surface area contributed by atoms with Gasteiger partial charge in [-0.3, -0.25) is 14.4 Å². The van der Waals surface area contributed by atoms with Crippen molar-refractivity contribution >= 4 is 17.7 Å². The maximum Gasteiger partial charge on any atom is 0.259 e. The van der Waals surface area contributed by atoms with E-state index < -0.39 is 0 Å². The Kier molecular flexibility index (Phi) is 8.48. The average molecular weight is 539 g/mol. The Bertz CT molecular complexity index is 1090. The predicted octanol–water partition coefficient (Wildman–Crippen LogP) is 4.00. The summed E-state index contributed by atoms with van der Waals surface area (Å²) < 4.78 is 5.56. The van der Waals surface area contributed by atoms with Crippen LogP contribution in [-0.4, -0.2) is 71.3 Å². The van der Waals surface area contributed by atoms with Gasteiger partial charge in [0.1, 0.15) is 5.56 Å². The number of nitrogens with zero attached hydrogens (tertiary/aromatic N) is 3. The molecule has 5 rings (SSSR count). The van der Waals surface area contributed by atoms with Crippen LogP contribution in [0, 0.1) is 23.7 Å². The van der Waals surface area contributed by atoms with Crippen LogP contribution >= 0.6 is 0 Å². The fourth-order valence-electron chi connectivity index (χ4n) is 7.41. The number of hydrogen-bond acceptors (Lipinski definition) is 5. The van der Waals surface area contributed by atoms with Gasteiger partial charge in [0.05, 0.1) is 7.11 Å². The quantitative estimate of drug-likeness (QED) is 0.628. The number of pyridine rings is 1. The number of ether oxygens (including phenoxy) is 1. The first-order valence-corrected chi connectivity index (χ1v) is 15.2. The number of hydrogen-bond donors (Lipinski definition) is 1. The fraction of sp³-hybridized carbons (Fsp3) is 0.742. The molecule has 4 heterocycles. The van der Waals surface area contributed by atoms with Crippen molar-refractivity contribution in [3.63, 3.8) is 0 Å². The van der Waals surface area contributed by atoms with Crippen LogP contribution in [0.15, 0.2) is 6.07 Å². The summed E-state index contributed by atoms with van der Waals surface area (Å²) in [5.41, 5.74) is 2.77. The Hall–Kier alpha value is -2.64. The van der Waals surface area contributed by atoms with E-state index in [1.807, 2.05) is 11.0 Å². The molecule has 8 nitrogen and oxygen atoms in total. The zero-order valence-electron chi connectivity index (χ0n) is 24.2. The molecule has 0 unspecified atom stereocenters. The van der Waals surface area contributed by atoms with E-state index in [2.05, 4.69) is 36.0 Å². The molecule has 5 atom stereocenters. The van der Waals surface area contributed by atoms with E-state index in [1.165, 1.54) is 0 Å². The van der Waals surface area contributed by atoms with E-state index >= 15 is 0 Å². The summed E-state index contributed by atoms with van der Waals surface area (Å²) in [7, 11) is 1.59. The summed E-state index contributed by atoms with van der Waals surface area (Å²) in [6, 6.07) is 2.22. The van der Waals surface area contributed by atoms with Gasteiger partial charge in [-0.1, -0.05) is 20.8 Å². The van der Waals surface area contributed by atoms with Gasteiger partial charge in [0.25, 0.3) is 5.91 Å². The van der Waals surface area contributed by atoms with Crippen molar-refractivity contribution in [1.29, 1.82) is 0 Å². The molecular formula is C31H46N4O4. The van der Waals surface area contributed by atoms with Gasteiger partial charge in [-0.15, -0.1) is 0 Å². The maximum atomic E-state index is 13.8. The summed E-state index contributed by atoms with van der Waals surface area (Å²) in [5, 5.41) is 3.26. The lowest BCUT2D eigenvalue weighted by molar-refractivity contribution is -0.141. The van der Waals surface area contributed by atoms with Crippen molar-refractivity contribution in [3.8, 4) is 5.88 Å². The molecule has 1 aliphatic carbocycles. The second-order valence-corrected chi connectivity index (χ2v) is 12.9. The van der Waals surface area contributed by atoms with Crippen molar-refractivity contribution in [3.05, 3.63) is 22.9 Å². The van der Waals surface area contributed by atoms with E-state index in [1.54, 1.807) is 7.11 Å². The van der Waals surface area contributed by atoms with Gasteiger partial charge < -0.3 is 19.9 Å². The number of carbonyl (C=O) groups excluding carboxylic acids is 3. The van der Waals surface area contributed by atoms with E-state index in [4.69, 9.17) is 4.74 Å². The van der Waals surface area contributed by atoms with Crippen molar-refractivity contribution < 1.29 is 19.1 Å². The molecule has 4 aliphatic rings. The third-order valence-electron chi connectivity index (χ3n) is 9.56. The molecule has 8 heteroatoms. The minimum absolute atomic E-state index is 0.0131. The van der Waals surface area contributed by atoms with Crippen LogP contribution in [0.5, 0.6) is 5.88 Å². The molecule has 3 amide bonds. The number of methoxy groups -OCH3 is 1. The van der Waals surface area contributed by atoms with Crippen LogP contribution in [0.1, 0.15) is 93.8 Å². The van der Waals surface area contributed by atoms with E-state index in [0.29, 0.717) is 49.8 Å². The number of carbonyl (C=O) groups is 3.